The van der Waals surface area contributed by atoms with E-state index in [1.807, 2.05) is 6.92 Å². The molecule has 0 aliphatic carbocycles. The van der Waals surface area contributed by atoms with Crippen molar-refractivity contribution in [2.75, 3.05) is 0 Å². The van der Waals surface area contributed by atoms with E-state index in [1.165, 1.54) is 0 Å². The molecule has 3 nitrogen and oxygen atoms in total. The van der Waals surface area contributed by atoms with E-state index in [0.29, 0.717) is 5.92 Å². The molecular weight excluding hydrogens is 300 g/mol. The first-order valence-corrected chi connectivity index (χ1v) is 3.04. The third kappa shape index (κ3) is 2.20. The van der Waals surface area contributed by atoms with Crippen molar-refractivity contribution in [3.05, 3.63) is 11.6 Å². The van der Waals surface area contributed by atoms with Gasteiger partial charge in [-0.3, -0.25) is 5.10 Å². The fourth-order valence-electron chi connectivity index (χ4n) is 0.579. The van der Waals surface area contributed by atoms with E-state index < -0.39 is 0 Å². The topological polar surface area (TPSA) is 39.9 Å². The molecule has 1 aromatic heterocycles. The number of aryl methyl sites for hydroxylation is 1. The molecule has 1 radical (unpaired) electrons. The zero-order chi connectivity index (χ0) is 6.85. The molecule has 0 aliphatic heterocycles. The molecular formula is C6H10N3Re-. The second-order valence-electron chi connectivity index (χ2n) is 2.37. The summed E-state index contributed by atoms with van der Waals surface area (Å²) in [7, 11) is 0. The van der Waals surface area contributed by atoms with Crippen molar-refractivity contribution in [3.63, 3.8) is 0 Å². The molecule has 0 saturated carbocycles. The number of hydrogen-bond donors (Lipinski definition) is 0. The Bertz CT molecular complexity index is 195. The van der Waals surface area contributed by atoms with Crippen LogP contribution in [0.5, 0.6) is 0 Å². The van der Waals surface area contributed by atoms with Crippen molar-refractivity contribution in [3.8, 4) is 0 Å². The largest absolute Gasteiger partial charge is 0.426 e. The summed E-state index contributed by atoms with van der Waals surface area (Å²) in [6.07, 6.45) is 0. The van der Waals surface area contributed by atoms with Gasteiger partial charge >= 0.3 is 0 Å². The number of nitrogens with zero attached hydrogens (tertiary/aromatic N) is 3. The Kier molecular flexibility index (Phi) is 3.77. The van der Waals surface area contributed by atoms with Crippen LogP contribution < -0.4 is 5.10 Å². The predicted molar refractivity (Wildman–Crippen MR) is 34.2 cm³/mol. The zero-order valence-electron chi connectivity index (χ0n) is 6.30. The molecule has 0 atom stereocenters. The minimum Gasteiger partial charge on any atom is -0.426 e. The summed E-state index contributed by atoms with van der Waals surface area (Å²) < 4.78 is 0. The van der Waals surface area contributed by atoms with E-state index in [-0.39, 0.29) is 20.4 Å². The van der Waals surface area contributed by atoms with Gasteiger partial charge in [-0.05, 0) is 12.8 Å². The Morgan fingerprint density at radius 3 is 2.20 bits per heavy atom. The fraction of sp³-hybridized carbons (Fsp3) is 0.667. The van der Waals surface area contributed by atoms with Crippen LogP contribution in [0.4, 0.5) is 0 Å². The van der Waals surface area contributed by atoms with Gasteiger partial charge in [-0.1, -0.05) is 19.7 Å². The van der Waals surface area contributed by atoms with Gasteiger partial charge in [-0.2, -0.15) is 0 Å². The van der Waals surface area contributed by atoms with Gasteiger partial charge in [0, 0.05) is 26.2 Å². The van der Waals surface area contributed by atoms with Crippen molar-refractivity contribution in [2.45, 2.75) is 26.7 Å². The Morgan fingerprint density at radius 2 is 2.00 bits per heavy atom. The molecule has 1 heterocycles. The fourth-order valence-corrected chi connectivity index (χ4v) is 0.579. The van der Waals surface area contributed by atoms with Crippen LogP contribution in [0, 0.1) is 6.92 Å². The zero-order valence-corrected chi connectivity index (χ0v) is 9.01. The normalized spacial score (nSPS) is 9.60. The quantitative estimate of drug-likeness (QED) is 0.772. The molecule has 0 spiro atoms. The minimum absolute atomic E-state index is 0. The van der Waals surface area contributed by atoms with Crippen LogP contribution in [0.2, 0.25) is 0 Å². The van der Waals surface area contributed by atoms with Crippen LogP contribution in [0.3, 0.4) is 0 Å². The van der Waals surface area contributed by atoms with Gasteiger partial charge in [0.1, 0.15) is 0 Å². The second-order valence-corrected chi connectivity index (χ2v) is 2.37. The maximum absolute atomic E-state index is 4.09. The van der Waals surface area contributed by atoms with E-state index >= 15 is 0 Å². The van der Waals surface area contributed by atoms with Gasteiger partial charge in [0.05, 0.1) is 0 Å². The van der Waals surface area contributed by atoms with Crippen LogP contribution in [-0.4, -0.2) is 10.1 Å². The molecule has 1 rings (SSSR count). The molecule has 0 saturated heterocycles. The predicted octanol–water partition coefficient (Wildman–Crippen LogP) is 0.863. The molecule has 0 aromatic carbocycles. The Morgan fingerprint density at radius 1 is 1.40 bits per heavy atom. The van der Waals surface area contributed by atoms with Crippen LogP contribution in [0.1, 0.15) is 31.4 Å². The third-order valence-electron chi connectivity index (χ3n) is 1.09. The molecule has 0 aliphatic rings. The molecule has 0 unspecified atom stereocenters. The molecule has 0 bridgehead atoms. The minimum atomic E-state index is 0. The summed E-state index contributed by atoms with van der Waals surface area (Å²) in [6, 6.07) is 0. The van der Waals surface area contributed by atoms with E-state index in [2.05, 4.69) is 29.0 Å². The summed E-state index contributed by atoms with van der Waals surface area (Å²) in [5.74, 6) is 2.00. The number of hydrogen-bond acceptors (Lipinski definition) is 2. The Balaban J connectivity index is 0.000000810. The standard InChI is InChI=1S/C6H10N3.Re/c1-4(2)6-7-5(3)8-9-6;/h4H,1-3H3;/q-1;. The molecule has 57 valence electrons. The monoisotopic (exact) mass is 311 g/mol. The van der Waals surface area contributed by atoms with Gasteiger partial charge < -0.3 is 10.1 Å². The van der Waals surface area contributed by atoms with Crippen LogP contribution in [0.25, 0.3) is 0 Å². The molecule has 0 amide bonds. The SMILES string of the molecule is Cc1nc(C(C)C)n[n-]1.[Re]. The van der Waals surface area contributed by atoms with Gasteiger partial charge in [0.2, 0.25) is 0 Å². The third-order valence-corrected chi connectivity index (χ3v) is 1.09. The van der Waals surface area contributed by atoms with Crippen molar-refractivity contribution in [1.29, 1.82) is 0 Å². The first kappa shape index (κ1) is 9.80. The maximum atomic E-state index is 4.09. The van der Waals surface area contributed by atoms with E-state index in [9.17, 15) is 0 Å². The summed E-state index contributed by atoms with van der Waals surface area (Å²) in [4.78, 5) is 4.09. The van der Waals surface area contributed by atoms with Gasteiger partial charge in [0.15, 0.2) is 0 Å². The van der Waals surface area contributed by atoms with Gasteiger partial charge in [-0.15, -0.1) is 0 Å². The summed E-state index contributed by atoms with van der Waals surface area (Å²) in [5.41, 5.74) is 0. The smallest absolute Gasteiger partial charge is 0.0291 e. The average molecular weight is 310 g/mol. The molecule has 0 fully saturated rings. The summed E-state index contributed by atoms with van der Waals surface area (Å²) in [5, 5.41) is 7.63. The first-order valence-electron chi connectivity index (χ1n) is 3.04. The second kappa shape index (κ2) is 3.85. The van der Waals surface area contributed by atoms with Crippen LogP contribution >= 0.6 is 0 Å². The van der Waals surface area contributed by atoms with Crippen molar-refractivity contribution in [2.24, 2.45) is 0 Å². The average Bonchev–Trinajstić information content (AvgIpc) is 2.14. The summed E-state index contributed by atoms with van der Waals surface area (Å²) in [6.45, 7) is 5.95. The van der Waals surface area contributed by atoms with Crippen LogP contribution in [-0.2, 0) is 20.4 Å². The molecule has 0 N–H and O–H groups in total. The number of rotatable bonds is 1. The Hall–Kier alpha value is -0.198. The van der Waals surface area contributed by atoms with E-state index in [0.717, 1.165) is 11.6 Å². The number of aromatic nitrogens is 3. The van der Waals surface area contributed by atoms with Crippen molar-refractivity contribution in [1.82, 2.24) is 15.2 Å². The van der Waals surface area contributed by atoms with Crippen molar-refractivity contribution < 1.29 is 20.4 Å². The van der Waals surface area contributed by atoms with E-state index in [4.69, 9.17) is 0 Å². The molecule has 1 aromatic rings. The van der Waals surface area contributed by atoms with Crippen molar-refractivity contribution >= 4 is 0 Å². The molecule has 4 heteroatoms. The summed E-state index contributed by atoms with van der Waals surface area (Å²) >= 11 is 0. The van der Waals surface area contributed by atoms with Gasteiger partial charge in [0.25, 0.3) is 0 Å². The Labute approximate surface area is 74.3 Å². The van der Waals surface area contributed by atoms with Gasteiger partial charge in [-0.25, -0.2) is 0 Å². The van der Waals surface area contributed by atoms with E-state index in [1.54, 1.807) is 0 Å². The maximum Gasteiger partial charge on any atom is 0.0291 e. The first-order chi connectivity index (χ1) is 4.20. The van der Waals surface area contributed by atoms with Crippen LogP contribution in [0.15, 0.2) is 0 Å². The molecule has 10 heavy (non-hydrogen) atoms.